The molecule has 146 valence electrons. The van der Waals surface area contributed by atoms with E-state index in [1.165, 1.54) is 12.8 Å². The van der Waals surface area contributed by atoms with Gasteiger partial charge in [-0.3, -0.25) is 14.4 Å². The summed E-state index contributed by atoms with van der Waals surface area (Å²) in [6.45, 7) is 11.8. The molecule has 0 aromatic carbocycles. The molecule has 0 spiro atoms. The van der Waals surface area contributed by atoms with Gasteiger partial charge in [-0.1, -0.05) is 20.8 Å². The summed E-state index contributed by atoms with van der Waals surface area (Å²) in [7, 11) is 0. The first kappa shape index (κ1) is 19.4. The summed E-state index contributed by atoms with van der Waals surface area (Å²) in [5.41, 5.74) is 0.533. The Balaban J connectivity index is 1.54. The molecule has 6 heteroatoms. The number of nitrogens with one attached hydrogen (secondary N) is 2. The van der Waals surface area contributed by atoms with Crippen molar-refractivity contribution in [2.75, 3.05) is 32.7 Å². The van der Waals surface area contributed by atoms with Gasteiger partial charge < -0.3 is 10.6 Å². The van der Waals surface area contributed by atoms with Gasteiger partial charge in [0.1, 0.15) is 5.69 Å². The van der Waals surface area contributed by atoms with Crippen LogP contribution in [-0.2, 0) is 0 Å². The third-order valence-corrected chi connectivity index (χ3v) is 6.01. The highest BCUT2D eigenvalue weighted by molar-refractivity contribution is 5.92. The number of aromatic nitrogens is 2. The lowest BCUT2D eigenvalue weighted by Gasteiger charge is -2.38. The second kappa shape index (κ2) is 9.00. The van der Waals surface area contributed by atoms with E-state index in [1.54, 1.807) is 0 Å². The van der Waals surface area contributed by atoms with E-state index in [9.17, 15) is 4.79 Å². The molecule has 1 amide bonds. The van der Waals surface area contributed by atoms with Crippen LogP contribution in [0.4, 0.5) is 0 Å². The molecule has 2 N–H and O–H groups in total. The summed E-state index contributed by atoms with van der Waals surface area (Å²) in [6.07, 6.45) is 6.75. The highest BCUT2D eigenvalue weighted by Gasteiger charge is 2.26. The van der Waals surface area contributed by atoms with Crippen LogP contribution in [0.2, 0.25) is 0 Å². The molecule has 0 radical (unpaired) electrons. The van der Waals surface area contributed by atoms with E-state index in [0.29, 0.717) is 30.2 Å². The minimum atomic E-state index is -0.0523. The second-order valence-electron chi connectivity index (χ2n) is 8.42. The van der Waals surface area contributed by atoms with Crippen LogP contribution in [-0.4, -0.2) is 59.4 Å². The molecule has 3 rings (SSSR count). The molecule has 1 aromatic heterocycles. The molecule has 1 aromatic rings. The highest BCUT2D eigenvalue weighted by atomic mass is 16.1. The lowest BCUT2D eigenvalue weighted by atomic mass is 9.94. The lowest BCUT2D eigenvalue weighted by molar-refractivity contribution is 0.0858. The maximum atomic E-state index is 12.6. The number of rotatable bonds is 6. The van der Waals surface area contributed by atoms with Gasteiger partial charge >= 0.3 is 0 Å². The normalized spacial score (nSPS) is 23.9. The number of piperidine rings is 2. The van der Waals surface area contributed by atoms with Crippen LogP contribution in [0.1, 0.15) is 63.0 Å². The van der Waals surface area contributed by atoms with Crippen molar-refractivity contribution in [1.82, 2.24) is 25.3 Å². The van der Waals surface area contributed by atoms with E-state index in [2.05, 4.69) is 41.4 Å². The molecule has 0 bridgehead atoms. The predicted molar refractivity (Wildman–Crippen MR) is 104 cm³/mol. The van der Waals surface area contributed by atoms with E-state index in [0.717, 1.165) is 44.9 Å². The monoisotopic (exact) mass is 361 g/mol. The molecule has 26 heavy (non-hydrogen) atoms. The Morgan fingerprint density at radius 2 is 2.12 bits per heavy atom. The van der Waals surface area contributed by atoms with Gasteiger partial charge in [-0.05, 0) is 63.2 Å². The molecule has 2 unspecified atom stereocenters. The average Bonchev–Trinajstić information content (AvgIpc) is 3.14. The number of likely N-dealkylation sites (tertiary alicyclic amines) is 1. The van der Waals surface area contributed by atoms with Gasteiger partial charge in [0.25, 0.3) is 5.91 Å². The fourth-order valence-electron chi connectivity index (χ4n) is 4.16. The summed E-state index contributed by atoms with van der Waals surface area (Å²) in [5, 5.41) is 11.1. The smallest absolute Gasteiger partial charge is 0.271 e. The molecule has 3 heterocycles. The zero-order chi connectivity index (χ0) is 18.5. The Bertz CT molecular complexity index is 571. The summed E-state index contributed by atoms with van der Waals surface area (Å²) >= 11 is 0. The van der Waals surface area contributed by atoms with Crippen molar-refractivity contribution < 1.29 is 4.79 Å². The SMILES string of the molecule is CC1CCN(C(CNC(=O)c2ccn(C3CCCNC3)n2)C(C)C)CC1. The van der Waals surface area contributed by atoms with Crippen LogP contribution in [0.15, 0.2) is 12.3 Å². The standard InChI is InChI=1S/C20H35N5O/c1-15(2)19(24-10-6-16(3)7-11-24)14-22-20(26)18-8-12-25(23-18)17-5-4-9-21-13-17/h8,12,15-17,19,21H,4-7,9-11,13-14H2,1-3H3,(H,22,26). The van der Waals surface area contributed by atoms with Gasteiger partial charge in [-0.25, -0.2) is 0 Å². The van der Waals surface area contributed by atoms with E-state index in [4.69, 9.17) is 0 Å². The number of amides is 1. The third kappa shape index (κ3) is 4.86. The Morgan fingerprint density at radius 3 is 2.77 bits per heavy atom. The van der Waals surface area contributed by atoms with Crippen molar-refractivity contribution in [2.24, 2.45) is 11.8 Å². The first-order chi connectivity index (χ1) is 12.5. The highest BCUT2D eigenvalue weighted by Crippen LogP contribution is 2.21. The van der Waals surface area contributed by atoms with Gasteiger partial charge in [0.05, 0.1) is 6.04 Å². The quantitative estimate of drug-likeness (QED) is 0.816. The second-order valence-corrected chi connectivity index (χ2v) is 8.42. The van der Waals surface area contributed by atoms with Gasteiger partial charge in [0.15, 0.2) is 0 Å². The largest absolute Gasteiger partial charge is 0.349 e. The fraction of sp³-hybridized carbons (Fsp3) is 0.800. The van der Waals surface area contributed by atoms with Crippen LogP contribution in [0.25, 0.3) is 0 Å². The molecule has 0 saturated carbocycles. The van der Waals surface area contributed by atoms with Crippen molar-refractivity contribution >= 4 is 5.91 Å². The summed E-state index contributed by atoms with van der Waals surface area (Å²) in [4.78, 5) is 15.1. The van der Waals surface area contributed by atoms with Gasteiger partial charge in [-0.15, -0.1) is 0 Å². The minimum absolute atomic E-state index is 0.0523. The van der Waals surface area contributed by atoms with Gasteiger partial charge in [0, 0.05) is 25.3 Å². The number of carbonyl (C=O) groups excluding carboxylic acids is 1. The maximum absolute atomic E-state index is 12.6. The molecule has 2 aliphatic rings. The first-order valence-electron chi connectivity index (χ1n) is 10.3. The molecular formula is C20H35N5O. The predicted octanol–water partition coefficient (Wildman–Crippen LogP) is 2.29. The van der Waals surface area contributed by atoms with Crippen LogP contribution in [0.5, 0.6) is 0 Å². The fourth-order valence-corrected chi connectivity index (χ4v) is 4.16. The topological polar surface area (TPSA) is 62.2 Å². The molecular weight excluding hydrogens is 326 g/mol. The van der Waals surface area contributed by atoms with Crippen molar-refractivity contribution in [3.8, 4) is 0 Å². The van der Waals surface area contributed by atoms with E-state index >= 15 is 0 Å². The molecule has 2 atom stereocenters. The van der Waals surface area contributed by atoms with Crippen LogP contribution >= 0.6 is 0 Å². The summed E-state index contributed by atoms with van der Waals surface area (Å²) < 4.78 is 1.95. The van der Waals surface area contributed by atoms with Crippen molar-refractivity contribution in [3.05, 3.63) is 18.0 Å². The van der Waals surface area contributed by atoms with Crippen LogP contribution < -0.4 is 10.6 Å². The zero-order valence-corrected chi connectivity index (χ0v) is 16.6. The Labute approximate surface area is 157 Å². The molecule has 2 saturated heterocycles. The number of hydrogen-bond donors (Lipinski definition) is 2. The molecule has 2 fully saturated rings. The zero-order valence-electron chi connectivity index (χ0n) is 16.6. The third-order valence-electron chi connectivity index (χ3n) is 6.01. The van der Waals surface area contributed by atoms with E-state index in [1.807, 2.05) is 16.9 Å². The van der Waals surface area contributed by atoms with Crippen molar-refractivity contribution in [1.29, 1.82) is 0 Å². The average molecular weight is 362 g/mol. The van der Waals surface area contributed by atoms with E-state index < -0.39 is 0 Å². The Morgan fingerprint density at radius 1 is 1.35 bits per heavy atom. The minimum Gasteiger partial charge on any atom is -0.349 e. The summed E-state index contributed by atoms with van der Waals surface area (Å²) in [6, 6.07) is 2.61. The van der Waals surface area contributed by atoms with Crippen LogP contribution in [0, 0.1) is 11.8 Å². The van der Waals surface area contributed by atoms with Crippen molar-refractivity contribution in [2.45, 2.75) is 58.5 Å². The van der Waals surface area contributed by atoms with E-state index in [-0.39, 0.29) is 5.91 Å². The molecule has 0 aliphatic carbocycles. The Hall–Kier alpha value is -1.40. The summed E-state index contributed by atoms with van der Waals surface area (Å²) in [5.74, 6) is 1.30. The van der Waals surface area contributed by atoms with Gasteiger partial charge in [-0.2, -0.15) is 5.10 Å². The maximum Gasteiger partial charge on any atom is 0.271 e. The van der Waals surface area contributed by atoms with Gasteiger partial charge in [0.2, 0.25) is 0 Å². The van der Waals surface area contributed by atoms with Crippen molar-refractivity contribution in [3.63, 3.8) is 0 Å². The number of carbonyl (C=O) groups is 1. The molecule has 2 aliphatic heterocycles. The molecule has 6 nitrogen and oxygen atoms in total. The Kier molecular flexibility index (Phi) is 6.70. The lowest BCUT2D eigenvalue weighted by Crippen LogP contribution is -2.49. The first-order valence-corrected chi connectivity index (χ1v) is 10.3. The number of nitrogens with zero attached hydrogens (tertiary/aromatic N) is 3. The van der Waals surface area contributed by atoms with Crippen LogP contribution in [0.3, 0.4) is 0 Å². The number of hydrogen-bond acceptors (Lipinski definition) is 4.